The van der Waals surface area contributed by atoms with Crippen molar-refractivity contribution in [2.24, 2.45) is 5.92 Å². The molecule has 0 aliphatic carbocycles. The molecule has 1 heterocycles. The Morgan fingerprint density at radius 1 is 1.35 bits per heavy atom. The lowest BCUT2D eigenvalue weighted by Crippen LogP contribution is -2.44. The highest BCUT2D eigenvalue weighted by Gasteiger charge is 2.45. The number of ether oxygens (including phenoxy) is 2. The van der Waals surface area contributed by atoms with Crippen LogP contribution in [0.4, 0.5) is 0 Å². The fraction of sp³-hybridized carbons (Fsp3) is 0.312. The van der Waals surface area contributed by atoms with Gasteiger partial charge in [0.25, 0.3) is 0 Å². The molecule has 0 fully saturated rings. The first kappa shape index (κ1) is 16.9. The maximum atomic E-state index is 12.4. The van der Waals surface area contributed by atoms with E-state index in [0.29, 0.717) is 21.9 Å². The molecule has 2 atom stereocenters. The first-order valence-electron chi connectivity index (χ1n) is 6.78. The highest BCUT2D eigenvalue weighted by Crippen LogP contribution is 2.42. The second-order valence-electron chi connectivity index (χ2n) is 4.77. The number of carbonyl (C=O) groups is 2. The average Bonchev–Trinajstić information content (AvgIpc) is 2.59. The number of benzene rings is 1. The van der Waals surface area contributed by atoms with Gasteiger partial charge in [-0.2, -0.15) is 5.26 Å². The number of hydrogen-bond acceptors (Lipinski definition) is 6. The highest BCUT2D eigenvalue weighted by atomic mass is 32.2. The van der Waals surface area contributed by atoms with Crippen LogP contribution in [0.5, 0.6) is 5.75 Å². The molecule has 1 aromatic carbocycles. The summed E-state index contributed by atoms with van der Waals surface area (Å²) in [6, 6.07) is 9.14. The number of nitrogens with one attached hydrogen (secondary N) is 1. The van der Waals surface area contributed by atoms with Gasteiger partial charge in [-0.1, -0.05) is 18.2 Å². The smallest absolute Gasteiger partial charge is 0.319 e. The van der Waals surface area contributed by atoms with Gasteiger partial charge in [-0.05, 0) is 12.3 Å². The summed E-state index contributed by atoms with van der Waals surface area (Å²) in [5.74, 6) is -2.56. The molecule has 1 N–H and O–H groups in total. The minimum Gasteiger partial charge on any atom is -0.496 e. The molecular weight excluding hydrogens is 316 g/mol. The molecular formula is C16H16N2O4S. The van der Waals surface area contributed by atoms with E-state index in [9.17, 15) is 14.9 Å². The second kappa shape index (κ2) is 7.20. The molecule has 0 unspecified atom stereocenters. The molecule has 1 aliphatic heterocycles. The van der Waals surface area contributed by atoms with Gasteiger partial charge in [-0.25, -0.2) is 0 Å². The molecule has 0 aromatic heterocycles. The number of nitriles is 1. The van der Waals surface area contributed by atoms with E-state index in [1.165, 1.54) is 26.0 Å². The first-order valence-corrected chi connectivity index (χ1v) is 8.01. The van der Waals surface area contributed by atoms with Crippen molar-refractivity contribution in [3.05, 3.63) is 40.4 Å². The van der Waals surface area contributed by atoms with Crippen molar-refractivity contribution in [3.63, 3.8) is 0 Å². The summed E-state index contributed by atoms with van der Waals surface area (Å²) in [6.45, 7) is 0. The Hall–Kier alpha value is -2.46. The van der Waals surface area contributed by atoms with E-state index in [-0.39, 0.29) is 0 Å². The zero-order chi connectivity index (χ0) is 17.0. The monoisotopic (exact) mass is 332 g/mol. The predicted molar refractivity (Wildman–Crippen MR) is 85.5 cm³/mol. The normalized spacial score (nSPS) is 20.5. The van der Waals surface area contributed by atoms with Gasteiger partial charge in [0.1, 0.15) is 11.7 Å². The molecule has 7 heteroatoms. The van der Waals surface area contributed by atoms with Crippen LogP contribution in [0.1, 0.15) is 11.5 Å². The van der Waals surface area contributed by atoms with E-state index >= 15 is 0 Å². The SMILES string of the molecule is COC(=O)[C@H]1C(=O)NC(SC)=C(C#N)[C@@H]1c1ccccc1OC. The van der Waals surface area contributed by atoms with Crippen LogP contribution < -0.4 is 10.1 Å². The van der Waals surface area contributed by atoms with Gasteiger partial charge >= 0.3 is 5.97 Å². The van der Waals surface area contributed by atoms with Crippen molar-refractivity contribution >= 4 is 23.6 Å². The first-order chi connectivity index (χ1) is 11.1. The van der Waals surface area contributed by atoms with Crippen molar-refractivity contribution in [1.82, 2.24) is 5.32 Å². The number of rotatable bonds is 4. The van der Waals surface area contributed by atoms with Crippen molar-refractivity contribution in [2.45, 2.75) is 5.92 Å². The largest absolute Gasteiger partial charge is 0.496 e. The minimum absolute atomic E-state index is 0.317. The van der Waals surface area contributed by atoms with Crippen LogP contribution in [0, 0.1) is 17.2 Å². The van der Waals surface area contributed by atoms with E-state index < -0.39 is 23.7 Å². The van der Waals surface area contributed by atoms with E-state index in [0.717, 1.165) is 0 Å². The number of carbonyl (C=O) groups excluding carboxylic acids is 2. The lowest BCUT2D eigenvalue weighted by atomic mass is 9.78. The number of amides is 1. The maximum absolute atomic E-state index is 12.4. The van der Waals surface area contributed by atoms with Gasteiger partial charge < -0.3 is 14.8 Å². The molecule has 120 valence electrons. The number of esters is 1. The van der Waals surface area contributed by atoms with E-state index in [1.807, 2.05) is 0 Å². The molecule has 1 aliphatic rings. The molecule has 23 heavy (non-hydrogen) atoms. The van der Waals surface area contributed by atoms with Crippen LogP contribution in [-0.4, -0.2) is 32.4 Å². The van der Waals surface area contributed by atoms with Crippen LogP contribution in [0.15, 0.2) is 34.9 Å². The van der Waals surface area contributed by atoms with Crippen LogP contribution in [-0.2, 0) is 14.3 Å². The standard InChI is InChI=1S/C16H16N2O4S/c1-21-11-7-5-4-6-9(11)12-10(8-17)15(23-3)18-14(19)13(12)16(20)22-2/h4-7,12-13H,1-3H3,(H,18,19)/t12-,13+/m0/s1. The Morgan fingerprint density at radius 2 is 2.04 bits per heavy atom. The molecule has 6 nitrogen and oxygen atoms in total. The quantitative estimate of drug-likeness (QED) is 0.668. The zero-order valence-electron chi connectivity index (χ0n) is 13.0. The third-order valence-corrected chi connectivity index (χ3v) is 4.39. The van der Waals surface area contributed by atoms with E-state index in [2.05, 4.69) is 11.4 Å². The van der Waals surface area contributed by atoms with Crippen molar-refractivity contribution in [3.8, 4) is 11.8 Å². The molecule has 0 bridgehead atoms. The topological polar surface area (TPSA) is 88.4 Å². The summed E-state index contributed by atoms with van der Waals surface area (Å²) < 4.78 is 10.1. The average molecular weight is 332 g/mol. The summed E-state index contributed by atoms with van der Waals surface area (Å²) in [6.07, 6.45) is 1.75. The summed E-state index contributed by atoms with van der Waals surface area (Å²) in [5.41, 5.74) is 0.917. The van der Waals surface area contributed by atoms with Gasteiger partial charge in [-0.3, -0.25) is 9.59 Å². The van der Waals surface area contributed by atoms with Crippen molar-refractivity contribution in [1.29, 1.82) is 5.26 Å². The van der Waals surface area contributed by atoms with Gasteiger partial charge in [0.2, 0.25) is 5.91 Å². The maximum Gasteiger partial charge on any atom is 0.319 e. The van der Waals surface area contributed by atoms with Crippen LogP contribution in [0.2, 0.25) is 0 Å². The second-order valence-corrected chi connectivity index (χ2v) is 5.58. The fourth-order valence-corrected chi connectivity index (χ4v) is 3.22. The van der Waals surface area contributed by atoms with Crippen molar-refractivity contribution in [2.75, 3.05) is 20.5 Å². The van der Waals surface area contributed by atoms with Gasteiger partial charge in [0.15, 0.2) is 0 Å². The molecule has 0 spiro atoms. The lowest BCUT2D eigenvalue weighted by molar-refractivity contribution is -0.150. The Morgan fingerprint density at radius 3 is 2.61 bits per heavy atom. The number of nitrogens with zero attached hydrogens (tertiary/aromatic N) is 1. The number of para-hydroxylation sites is 1. The summed E-state index contributed by atoms with van der Waals surface area (Å²) in [7, 11) is 2.72. The molecule has 0 saturated carbocycles. The Labute approximate surface area is 138 Å². The number of hydrogen-bond donors (Lipinski definition) is 1. The Balaban J connectivity index is 2.70. The summed E-state index contributed by atoms with van der Waals surface area (Å²) >= 11 is 1.25. The number of thioether (sulfide) groups is 1. The number of allylic oxidation sites excluding steroid dienone is 1. The summed E-state index contributed by atoms with van der Waals surface area (Å²) in [4.78, 5) is 24.6. The van der Waals surface area contributed by atoms with Crippen molar-refractivity contribution < 1.29 is 19.1 Å². The van der Waals surface area contributed by atoms with Crippen LogP contribution in [0.25, 0.3) is 0 Å². The third kappa shape index (κ3) is 3.03. The molecule has 1 amide bonds. The molecule has 0 radical (unpaired) electrons. The zero-order valence-corrected chi connectivity index (χ0v) is 13.8. The molecule has 1 aromatic rings. The number of methoxy groups -OCH3 is 2. The van der Waals surface area contributed by atoms with E-state index in [1.54, 1.807) is 30.5 Å². The lowest BCUT2D eigenvalue weighted by Gasteiger charge is -2.31. The van der Waals surface area contributed by atoms with Gasteiger partial charge in [-0.15, -0.1) is 11.8 Å². The Kier molecular flexibility index (Phi) is 5.29. The molecule has 2 rings (SSSR count). The van der Waals surface area contributed by atoms with Crippen LogP contribution in [0.3, 0.4) is 0 Å². The minimum atomic E-state index is -1.14. The Bertz CT molecular complexity index is 708. The van der Waals surface area contributed by atoms with Gasteiger partial charge in [0, 0.05) is 11.5 Å². The predicted octanol–water partition coefficient (Wildman–Crippen LogP) is 1.80. The summed E-state index contributed by atoms with van der Waals surface area (Å²) in [5, 5.41) is 12.6. The molecule has 0 saturated heterocycles. The third-order valence-electron chi connectivity index (χ3n) is 3.66. The highest BCUT2D eigenvalue weighted by molar-refractivity contribution is 8.02. The van der Waals surface area contributed by atoms with Crippen LogP contribution >= 0.6 is 11.8 Å². The van der Waals surface area contributed by atoms with E-state index in [4.69, 9.17) is 9.47 Å². The van der Waals surface area contributed by atoms with Gasteiger partial charge in [0.05, 0.1) is 30.9 Å². The fourth-order valence-electron chi connectivity index (χ4n) is 2.63.